The molecule has 0 radical (unpaired) electrons. The molecule has 15 nitrogen and oxygen atoms in total. The van der Waals surface area contributed by atoms with Crippen LogP contribution in [0.5, 0.6) is 5.88 Å². The van der Waals surface area contributed by atoms with Gasteiger partial charge in [0.2, 0.25) is 11.8 Å². The highest BCUT2D eigenvalue weighted by atomic mass is 16.8. The zero-order valence-corrected chi connectivity index (χ0v) is 23.1. The minimum atomic E-state index is -1.15. The van der Waals surface area contributed by atoms with Gasteiger partial charge in [0.15, 0.2) is 12.3 Å². The zero-order valence-electron chi connectivity index (χ0n) is 23.1. The van der Waals surface area contributed by atoms with E-state index < -0.39 is 30.0 Å². The van der Waals surface area contributed by atoms with Gasteiger partial charge >= 0.3 is 12.1 Å². The summed E-state index contributed by atoms with van der Waals surface area (Å²) < 4.78 is 11.8. The summed E-state index contributed by atoms with van der Waals surface area (Å²) >= 11 is 0. The van der Waals surface area contributed by atoms with E-state index in [0.717, 1.165) is 0 Å². The van der Waals surface area contributed by atoms with Crippen LogP contribution in [0.15, 0.2) is 36.4 Å². The topological polar surface area (TPSA) is 173 Å². The van der Waals surface area contributed by atoms with Gasteiger partial charge in [-0.05, 0) is 25.5 Å². The number of benzene rings is 1. The lowest BCUT2D eigenvalue weighted by Gasteiger charge is -2.35. The standard InChI is InChI=1S/C26H34N6O9/c1-4-39-26(38)41-31-14-12-30(13-15-31)25(37)19(10-11-23(34)35)27-24(36)20-16-22(40-17-21(33)29(2)3)32(28-20)18-8-6-5-7-9-18/h5-9,16,19H,4,10-15,17H2,1-3H3,(H,27,36)(H,34,35)/t19-/m0/s1. The van der Waals surface area contributed by atoms with Crippen molar-refractivity contribution in [3.63, 3.8) is 0 Å². The third-order valence-electron chi connectivity index (χ3n) is 6.02. The van der Waals surface area contributed by atoms with Crippen LogP contribution in [0.25, 0.3) is 5.69 Å². The molecule has 0 spiro atoms. The second-order valence-electron chi connectivity index (χ2n) is 9.18. The third-order valence-corrected chi connectivity index (χ3v) is 6.02. The van der Waals surface area contributed by atoms with Crippen molar-refractivity contribution in [2.45, 2.75) is 25.8 Å². The molecular formula is C26H34N6O9. The van der Waals surface area contributed by atoms with Crippen LogP contribution in [0, 0.1) is 0 Å². The van der Waals surface area contributed by atoms with Crippen molar-refractivity contribution in [1.29, 1.82) is 0 Å². The first-order valence-electron chi connectivity index (χ1n) is 13.0. The molecule has 3 rings (SSSR count). The van der Waals surface area contributed by atoms with Gasteiger partial charge in [-0.1, -0.05) is 18.2 Å². The average Bonchev–Trinajstić information content (AvgIpc) is 3.39. The molecule has 0 aliphatic carbocycles. The third kappa shape index (κ3) is 8.93. The lowest BCUT2D eigenvalue weighted by molar-refractivity contribution is -0.157. The van der Waals surface area contributed by atoms with Gasteiger partial charge < -0.3 is 34.5 Å². The van der Waals surface area contributed by atoms with E-state index in [1.165, 1.54) is 25.6 Å². The lowest BCUT2D eigenvalue weighted by Crippen LogP contribution is -2.55. The van der Waals surface area contributed by atoms with Gasteiger partial charge in [-0.15, -0.1) is 5.06 Å². The molecule has 0 bridgehead atoms. The molecule has 15 heteroatoms. The number of carbonyl (C=O) groups excluding carboxylic acids is 4. The highest BCUT2D eigenvalue weighted by Gasteiger charge is 2.31. The molecule has 41 heavy (non-hydrogen) atoms. The number of carbonyl (C=O) groups is 5. The number of nitrogens with one attached hydrogen (secondary N) is 1. The molecule has 1 saturated heterocycles. The molecule has 1 aromatic carbocycles. The Bertz CT molecular complexity index is 1230. The number of amides is 3. The van der Waals surface area contributed by atoms with E-state index in [1.807, 2.05) is 0 Å². The molecule has 1 aliphatic rings. The van der Waals surface area contributed by atoms with Gasteiger partial charge in [0, 0.05) is 39.7 Å². The predicted molar refractivity (Wildman–Crippen MR) is 142 cm³/mol. The van der Waals surface area contributed by atoms with E-state index in [1.54, 1.807) is 51.4 Å². The minimum Gasteiger partial charge on any atom is -0.481 e. The van der Waals surface area contributed by atoms with Crippen LogP contribution in [0.4, 0.5) is 4.79 Å². The number of hydrogen-bond acceptors (Lipinski definition) is 10. The number of ether oxygens (including phenoxy) is 2. The Hall–Kier alpha value is -4.66. The Labute approximate surface area is 236 Å². The molecule has 2 heterocycles. The molecule has 2 N–H and O–H groups in total. The van der Waals surface area contributed by atoms with Gasteiger partial charge in [0.25, 0.3) is 11.8 Å². The maximum atomic E-state index is 13.3. The Balaban J connectivity index is 1.74. The number of rotatable bonds is 12. The van der Waals surface area contributed by atoms with Crippen molar-refractivity contribution in [2.75, 3.05) is 53.5 Å². The number of para-hydroxylation sites is 1. The van der Waals surface area contributed by atoms with Crippen molar-refractivity contribution < 1.29 is 43.4 Å². The predicted octanol–water partition coefficient (Wildman–Crippen LogP) is 0.535. The molecule has 0 saturated carbocycles. The summed E-state index contributed by atoms with van der Waals surface area (Å²) in [4.78, 5) is 69.3. The first-order valence-corrected chi connectivity index (χ1v) is 13.0. The SMILES string of the molecule is CCOC(=O)ON1CCN(C(=O)[C@H](CCC(=O)O)NC(=O)c2cc(OCC(=O)N(C)C)n(-c3ccccc3)n2)CC1. The zero-order chi connectivity index (χ0) is 29.9. The molecule has 1 aromatic heterocycles. The fourth-order valence-corrected chi connectivity index (χ4v) is 3.82. The number of likely N-dealkylation sites (N-methyl/N-ethyl adjacent to an activating group) is 1. The highest BCUT2D eigenvalue weighted by molar-refractivity contribution is 5.96. The fraction of sp³-hybridized carbons (Fsp3) is 0.462. The van der Waals surface area contributed by atoms with Crippen LogP contribution in [-0.2, 0) is 24.0 Å². The molecule has 1 atom stereocenters. The van der Waals surface area contributed by atoms with Crippen molar-refractivity contribution in [2.24, 2.45) is 0 Å². The van der Waals surface area contributed by atoms with Crippen LogP contribution in [-0.4, -0.2) is 119 Å². The molecular weight excluding hydrogens is 540 g/mol. The number of hydrogen-bond donors (Lipinski definition) is 2. The number of nitrogens with zero attached hydrogens (tertiary/aromatic N) is 5. The summed E-state index contributed by atoms with van der Waals surface area (Å²) in [6.45, 7) is 2.29. The fourth-order valence-electron chi connectivity index (χ4n) is 3.82. The molecule has 0 unspecified atom stereocenters. The molecule has 1 aliphatic heterocycles. The maximum absolute atomic E-state index is 13.3. The van der Waals surface area contributed by atoms with Crippen LogP contribution in [0.2, 0.25) is 0 Å². The van der Waals surface area contributed by atoms with Gasteiger partial charge in [-0.25, -0.2) is 9.48 Å². The normalized spacial score (nSPS) is 14.1. The summed E-state index contributed by atoms with van der Waals surface area (Å²) in [6.07, 6.45) is -1.36. The number of aromatic nitrogens is 2. The largest absolute Gasteiger partial charge is 0.527 e. The van der Waals surface area contributed by atoms with E-state index in [4.69, 9.17) is 14.3 Å². The number of carboxylic acids is 1. The summed E-state index contributed by atoms with van der Waals surface area (Å²) in [5.41, 5.74) is 0.474. The van der Waals surface area contributed by atoms with Crippen LogP contribution in [0.3, 0.4) is 0 Å². The highest BCUT2D eigenvalue weighted by Crippen LogP contribution is 2.20. The number of piperazine rings is 1. The second kappa shape index (κ2) is 14.6. The maximum Gasteiger partial charge on any atom is 0.527 e. The number of aliphatic carboxylic acids is 1. The second-order valence-corrected chi connectivity index (χ2v) is 9.18. The van der Waals surface area contributed by atoms with E-state index in [-0.39, 0.29) is 69.7 Å². The van der Waals surface area contributed by atoms with Gasteiger partial charge in [0.1, 0.15) is 6.04 Å². The Morgan fingerprint density at radius 1 is 1.07 bits per heavy atom. The van der Waals surface area contributed by atoms with Crippen molar-refractivity contribution >= 4 is 29.8 Å². The van der Waals surface area contributed by atoms with Crippen molar-refractivity contribution in [3.8, 4) is 11.6 Å². The number of carboxylic acid groups (broad SMARTS) is 1. The van der Waals surface area contributed by atoms with Gasteiger partial charge in [-0.2, -0.15) is 5.10 Å². The first-order chi connectivity index (χ1) is 19.6. The van der Waals surface area contributed by atoms with Crippen molar-refractivity contribution in [3.05, 3.63) is 42.1 Å². The lowest BCUT2D eigenvalue weighted by atomic mass is 10.1. The Morgan fingerprint density at radius 3 is 2.37 bits per heavy atom. The van der Waals surface area contributed by atoms with Crippen LogP contribution >= 0.6 is 0 Å². The molecule has 2 aromatic rings. The van der Waals surface area contributed by atoms with Gasteiger partial charge in [-0.3, -0.25) is 19.2 Å². The summed E-state index contributed by atoms with van der Waals surface area (Å²) in [5.74, 6) is -2.51. The van der Waals surface area contributed by atoms with E-state index in [2.05, 4.69) is 10.4 Å². The summed E-state index contributed by atoms with van der Waals surface area (Å²) in [6, 6.07) is 9.00. The smallest absolute Gasteiger partial charge is 0.481 e. The Morgan fingerprint density at radius 2 is 1.76 bits per heavy atom. The monoisotopic (exact) mass is 574 g/mol. The average molecular weight is 575 g/mol. The van der Waals surface area contributed by atoms with Crippen LogP contribution < -0.4 is 10.1 Å². The van der Waals surface area contributed by atoms with E-state index in [9.17, 15) is 29.1 Å². The van der Waals surface area contributed by atoms with E-state index >= 15 is 0 Å². The Kier molecular flexibility index (Phi) is 11.0. The first kappa shape index (κ1) is 30.9. The van der Waals surface area contributed by atoms with Gasteiger partial charge in [0.05, 0.1) is 25.4 Å². The molecule has 222 valence electrons. The van der Waals surface area contributed by atoms with Crippen LogP contribution in [0.1, 0.15) is 30.3 Å². The molecule has 1 fully saturated rings. The van der Waals surface area contributed by atoms with E-state index in [0.29, 0.717) is 5.69 Å². The minimum absolute atomic E-state index is 0.0954. The number of hydroxylamine groups is 2. The summed E-state index contributed by atoms with van der Waals surface area (Å²) in [7, 11) is 3.17. The summed E-state index contributed by atoms with van der Waals surface area (Å²) in [5, 5.41) is 17.5. The quantitative estimate of drug-likeness (QED) is 0.339. The molecule has 3 amide bonds. The van der Waals surface area contributed by atoms with Crippen molar-refractivity contribution in [1.82, 2.24) is 30.0 Å².